The molecule has 0 atom stereocenters. The molecule has 0 unspecified atom stereocenters. The topological polar surface area (TPSA) is 77.6 Å². The van der Waals surface area contributed by atoms with Gasteiger partial charge in [0.15, 0.2) is 11.5 Å². The lowest BCUT2D eigenvalue weighted by molar-refractivity contribution is -0.116. The SMILES string of the molecule is Cc1cc(C(F)F)c2c(C)nn(CC(=O)Nc3cc(C)n(Cc4ccc(Cl)cc4Cl)n3)c2n1. The molecule has 0 aliphatic rings. The molecule has 0 aliphatic carbocycles. The monoisotopic (exact) mass is 492 g/mol. The van der Waals surface area contributed by atoms with Crippen LogP contribution in [0.15, 0.2) is 30.3 Å². The summed E-state index contributed by atoms with van der Waals surface area (Å²) in [4.78, 5) is 17.0. The Morgan fingerprint density at radius 3 is 2.55 bits per heavy atom. The van der Waals surface area contributed by atoms with Crippen LogP contribution in [0.25, 0.3) is 11.0 Å². The van der Waals surface area contributed by atoms with Gasteiger partial charge in [-0.15, -0.1) is 0 Å². The Bertz CT molecular complexity index is 1360. The minimum Gasteiger partial charge on any atom is -0.308 e. The number of amides is 1. The van der Waals surface area contributed by atoms with Crippen molar-refractivity contribution in [2.45, 2.75) is 40.3 Å². The first-order chi connectivity index (χ1) is 15.6. The predicted molar refractivity (Wildman–Crippen MR) is 123 cm³/mol. The van der Waals surface area contributed by atoms with E-state index in [2.05, 4.69) is 20.5 Å². The van der Waals surface area contributed by atoms with E-state index in [4.69, 9.17) is 23.2 Å². The highest BCUT2D eigenvalue weighted by molar-refractivity contribution is 6.35. The van der Waals surface area contributed by atoms with Crippen molar-refractivity contribution in [2.24, 2.45) is 0 Å². The van der Waals surface area contributed by atoms with Crippen LogP contribution in [-0.2, 0) is 17.9 Å². The molecule has 4 rings (SSSR count). The number of fused-ring (bicyclic) bond motifs is 1. The van der Waals surface area contributed by atoms with Crippen LogP contribution in [0, 0.1) is 20.8 Å². The van der Waals surface area contributed by atoms with Gasteiger partial charge in [0.05, 0.1) is 17.6 Å². The largest absolute Gasteiger partial charge is 0.308 e. The van der Waals surface area contributed by atoms with Crippen LogP contribution >= 0.6 is 23.2 Å². The summed E-state index contributed by atoms with van der Waals surface area (Å²) >= 11 is 12.2. The van der Waals surface area contributed by atoms with Crippen molar-refractivity contribution in [3.8, 4) is 0 Å². The minimum absolute atomic E-state index is 0.142. The number of hydrogen-bond donors (Lipinski definition) is 1. The molecule has 4 aromatic rings. The van der Waals surface area contributed by atoms with Gasteiger partial charge >= 0.3 is 0 Å². The van der Waals surface area contributed by atoms with Gasteiger partial charge in [-0.2, -0.15) is 10.2 Å². The van der Waals surface area contributed by atoms with Crippen molar-refractivity contribution >= 4 is 46.0 Å². The second-order valence-electron chi connectivity index (χ2n) is 7.71. The average Bonchev–Trinajstić information content (AvgIpc) is 3.22. The first-order valence-electron chi connectivity index (χ1n) is 10.0. The van der Waals surface area contributed by atoms with Crippen LogP contribution in [0.5, 0.6) is 0 Å². The Morgan fingerprint density at radius 2 is 1.85 bits per heavy atom. The van der Waals surface area contributed by atoms with E-state index in [0.717, 1.165) is 11.3 Å². The molecule has 172 valence electrons. The smallest absolute Gasteiger partial charge is 0.264 e. The number of nitrogens with zero attached hydrogens (tertiary/aromatic N) is 5. The van der Waals surface area contributed by atoms with Gasteiger partial charge in [-0.1, -0.05) is 29.3 Å². The lowest BCUT2D eigenvalue weighted by Gasteiger charge is -2.07. The number of benzene rings is 1. The quantitative estimate of drug-likeness (QED) is 0.386. The second-order valence-corrected chi connectivity index (χ2v) is 8.55. The molecule has 1 N–H and O–H groups in total. The summed E-state index contributed by atoms with van der Waals surface area (Å²) in [6, 6.07) is 8.29. The molecule has 1 amide bonds. The fourth-order valence-electron chi connectivity index (χ4n) is 3.66. The van der Waals surface area contributed by atoms with Crippen molar-refractivity contribution in [2.75, 3.05) is 5.32 Å². The van der Waals surface area contributed by atoms with E-state index in [0.29, 0.717) is 33.8 Å². The Labute approximate surface area is 198 Å². The highest BCUT2D eigenvalue weighted by Crippen LogP contribution is 2.30. The molecule has 0 bridgehead atoms. The van der Waals surface area contributed by atoms with Gasteiger partial charge in [0.1, 0.15) is 6.54 Å². The Morgan fingerprint density at radius 1 is 1.09 bits per heavy atom. The second kappa shape index (κ2) is 9.07. The molecule has 1 aromatic carbocycles. The average molecular weight is 493 g/mol. The zero-order valence-corrected chi connectivity index (χ0v) is 19.5. The van der Waals surface area contributed by atoms with E-state index < -0.39 is 12.3 Å². The molecular formula is C22H20Cl2F2N6O. The standard InChI is InChI=1S/C22H20Cl2F2N6O/c1-11-6-16(21(25)26)20-13(3)29-32(22(20)27-11)10-19(33)28-18-7-12(2)31(30-18)9-14-4-5-15(23)8-17(14)24/h4-8,21H,9-10H2,1-3H3,(H,28,30,33). The number of nitrogens with one attached hydrogen (secondary N) is 1. The van der Waals surface area contributed by atoms with E-state index in [-0.39, 0.29) is 23.1 Å². The number of aryl methyl sites for hydroxylation is 3. The van der Waals surface area contributed by atoms with Gasteiger partial charge < -0.3 is 5.32 Å². The van der Waals surface area contributed by atoms with Crippen molar-refractivity contribution in [3.63, 3.8) is 0 Å². The predicted octanol–water partition coefficient (Wildman–Crippen LogP) is 5.48. The molecule has 3 aromatic heterocycles. The highest BCUT2D eigenvalue weighted by atomic mass is 35.5. The van der Waals surface area contributed by atoms with Crippen LogP contribution in [0.3, 0.4) is 0 Å². The molecule has 0 saturated heterocycles. The van der Waals surface area contributed by atoms with Crippen LogP contribution in [0.2, 0.25) is 10.0 Å². The summed E-state index contributed by atoms with van der Waals surface area (Å²) in [5.74, 6) is -0.0522. The normalized spacial score (nSPS) is 11.5. The zero-order chi connectivity index (χ0) is 23.9. The summed E-state index contributed by atoms with van der Waals surface area (Å²) in [6.07, 6.45) is -2.67. The Balaban J connectivity index is 1.53. The Kier molecular flexibility index (Phi) is 6.36. The maximum absolute atomic E-state index is 13.5. The van der Waals surface area contributed by atoms with Crippen molar-refractivity contribution < 1.29 is 13.6 Å². The lowest BCUT2D eigenvalue weighted by atomic mass is 10.1. The van der Waals surface area contributed by atoms with Crippen LogP contribution in [0.4, 0.5) is 14.6 Å². The number of halogens is 4. The number of carbonyl (C=O) groups is 1. The fraction of sp³-hybridized carbons (Fsp3) is 0.273. The summed E-state index contributed by atoms with van der Waals surface area (Å²) in [5.41, 5.74) is 2.57. The molecule has 0 spiro atoms. The molecule has 11 heteroatoms. The van der Waals surface area contributed by atoms with Gasteiger partial charge in [-0.3, -0.25) is 9.48 Å². The lowest BCUT2D eigenvalue weighted by Crippen LogP contribution is -2.20. The number of aromatic nitrogens is 5. The third kappa shape index (κ3) is 4.84. The number of pyridine rings is 1. The summed E-state index contributed by atoms with van der Waals surface area (Å²) in [5, 5.41) is 12.7. The molecule has 7 nitrogen and oxygen atoms in total. The minimum atomic E-state index is -2.67. The third-order valence-corrected chi connectivity index (χ3v) is 5.74. The first kappa shape index (κ1) is 23.1. The highest BCUT2D eigenvalue weighted by Gasteiger charge is 2.21. The maximum atomic E-state index is 13.5. The van der Waals surface area contributed by atoms with E-state index in [1.807, 2.05) is 13.0 Å². The van der Waals surface area contributed by atoms with E-state index in [1.54, 1.807) is 36.7 Å². The van der Waals surface area contributed by atoms with Crippen molar-refractivity contribution in [3.05, 3.63) is 68.6 Å². The van der Waals surface area contributed by atoms with Crippen LogP contribution < -0.4 is 5.32 Å². The molecule has 0 fully saturated rings. The summed E-state index contributed by atoms with van der Waals surface area (Å²) in [7, 11) is 0. The Hall–Kier alpha value is -3.04. The number of anilines is 1. The number of carbonyl (C=O) groups excluding carboxylic acids is 1. The number of hydrogen-bond acceptors (Lipinski definition) is 4. The fourth-order valence-corrected chi connectivity index (χ4v) is 4.13. The molecule has 3 heterocycles. The summed E-state index contributed by atoms with van der Waals surface area (Å²) < 4.78 is 30.0. The first-order valence-corrected chi connectivity index (χ1v) is 10.8. The van der Waals surface area contributed by atoms with Crippen molar-refractivity contribution in [1.82, 2.24) is 24.5 Å². The van der Waals surface area contributed by atoms with Crippen LogP contribution in [-0.4, -0.2) is 30.5 Å². The van der Waals surface area contributed by atoms with Gasteiger partial charge in [-0.25, -0.2) is 18.4 Å². The third-order valence-electron chi connectivity index (χ3n) is 5.15. The molecule has 0 saturated carbocycles. The number of rotatable bonds is 6. The van der Waals surface area contributed by atoms with Gasteiger partial charge in [0, 0.05) is 33.1 Å². The van der Waals surface area contributed by atoms with E-state index >= 15 is 0 Å². The van der Waals surface area contributed by atoms with Gasteiger partial charge in [0.2, 0.25) is 5.91 Å². The number of alkyl halides is 2. The summed E-state index contributed by atoms with van der Waals surface area (Å²) in [6.45, 7) is 5.31. The maximum Gasteiger partial charge on any atom is 0.264 e. The van der Waals surface area contributed by atoms with Crippen LogP contribution in [0.1, 0.15) is 34.6 Å². The van der Waals surface area contributed by atoms with Gasteiger partial charge in [-0.05, 0) is 44.5 Å². The zero-order valence-electron chi connectivity index (χ0n) is 18.0. The van der Waals surface area contributed by atoms with E-state index in [9.17, 15) is 13.6 Å². The molecule has 0 aliphatic heterocycles. The molecule has 0 radical (unpaired) electrons. The molecule has 33 heavy (non-hydrogen) atoms. The van der Waals surface area contributed by atoms with Crippen molar-refractivity contribution in [1.29, 1.82) is 0 Å². The van der Waals surface area contributed by atoms with Gasteiger partial charge in [0.25, 0.3) is 6.43 Å². The van der Waals surface area contributed by atoms with E-state index in [1.165, 1.54) is 10.7 Å². The molecular weight excluding hydrogens is 473 g/mol.